The minimum Gasteiger partial charge on any atom is -0.463 e. The predicted molar refractivity (Wildman–Crippen MR) is 89.1 cm³/mol. The number of nitrogens with one attached hydrogen (secondary N) is 1. The Morgan fingerprint density at radius 2 is 2.24 bits per heavy atom. The van der Waals surface area contributed by atoms with E-state index < -0.39 is 0 Å². The van der Waals surface area contributed by atoms with Crippen LogP contribution < -0.4 is 5.32 Å². The van der Waals surface area contributed by atoms with E-state index in [9.17, 15) is 9.59 Å². The van der Waals surface area contributed by atoms with Crippen LogP contribution in [0.3, 0.4) is 0 Å². The third-order valence-electron chi connectivity index (χ3n) is 3.89. The zero-order valence-corrected chi connectivity index (χ0v) is 14.1. The zero-order chi connectivity index (χ0) is 17.4. The van der Waals surface area contributed by atoms with Crippen LogP contribution in [0.4, 0.5) is 5.13 Å². The van der Waals surface area contributed by atoms with Crippen LogP contribution in [0.2, 0.25) is 0 Å². The highest BCUT2D eigenvalue weighted by Gasteiger charge is 2.37. The Morgan fingerprint density at radius 1 is 1.40 bits per heavy atom. The molecule has 3 aromatic rings. The first-order chi connectivity index (χ1) is 12.1. The molecule has 0 aromatic carbocycles. The van der Waals surface area contributed by atoms with E-state index in [2.05, 4.69) is 15.5 Å². The highest BCUT2D eigenvalue weighted by atomic mass is 32.1. The minimum atomic E-state index is -0.257. The van der Waals surface area contributed by atoms with Crippen LogP contribution in [0, 0.1) is 12.8 Å². The molecule has 128 valence electrons. The first-order valence-electron chi connectivity index (χ1n) is 7.63. The number of likely N-dealkylation sites (tertiary alicyclic amines) is 1. The lowest BCUT2D eigenvalue weighted by Crippen LogP contribution is -2.54. The van der Waals surface area contributed by atoms with Crippen molar-refractivity contribution in [1.82, 2.24) is 15.0 Å². The Kier molecular flexibility index (Phi) is 3.85. The van der Waals surface area contributed by atoms with Gasteiger partial charge in [0.05, 0.1) is 12.2 Å². The summed E-state index contributed by atoms with van der Waals surface area (Å²) < 4.78 is 10.2. The molecule has 0 bridgehead atoms. The second-order valence-electron chi connectivity index (χ2n) is 5.73. The molecule has 3 aromatic heterocycles. The molecular formula is C16H14N4O4S. The molecule has 1 aliphatic heterocycles. The van der Waals surface area contributed by atoms with Gasteiger partial charge in [0.15, 0.2) is 16.6 Å². The lowest BCUT2D eigenvalue weighted by Gasteiger charge is -2.37. The van der Waals surface area contributed by atoms with Crippen molar-refractivity contribution in [2.75, 3.05) is 18.4 Å². The maximum atomic E-state index is 12.3. The number of amides is 2. The van der Waals surface area contributed by atoms with Crippen LogP contribution in [-0.2, 0) is 4.79 Å². The summed E-state index contributed by atoms with van der Waals surface area (Å²) in [5.41, 5.74) is 0.941. The maximum Gasteiger partial charge on any atom is 0.276 e. The predicted octanol–water partition coefficient (Wildman–Crippen LogP) is 2.41. The van der Waals surface area contributed by atoms with E-state index >= 15 is 0 Å². The standard InChI is InChI=1S/C16H14N4O4S/c1-9-5-11(19-24-9)15(22)20-6-10(7-20)14(21)18-16-17-12(8-25-16)13-3-2-4-23-13/h2-5,8,10H,6-7H2,1H3,(H,17,18,21). The number of thiazole rings is 1. The molecule has 1 N–H and O–H groups in total. The first-order valence-corrected chi connectivity index (χ1v) is 8.51. The number of carbonyl (C=O) groups is 2. The summed E-state index contributed by atoms with van der Waals surface area (Å²) in [6.45, 7) is 2.43. The molecule has 0 unspecified atom stereocenters. The number of carbonyl (C=O) groups excluding carboxylic acids is 2. The molecule has 0 saturated carbocycles. The van der Waals surface area contributed by atoms with Crippen LogP contribution in [0.5, 0.6) is 0 Å². The van der Waals surface area contributed by atoms with Crippen molar-refractivity contribution in [2.24, 2.45) is 5.92 Å². The van der Waals surface area contributed by atoms with Gasteiger partial charge in [0.1, 0.15) is 11.5 Å². The van der Waals surface area contributed by atoms with Gasteiger partial charge in [-0.05, 0) is 19.1 Å². The van der Waals surface area contributed by atoms with E-state index in [1.807, 2.05) is 11.4 Å². The summed E-state index contributed by atoms with van der Waals surface area (Å²) in [6, 6.07) is 5.17. The van der Waals surface area contributed by atoms with Crippen LogP contribution >= 0.6 is 11.3 Å². The molecule has 1 fully saturated rings. The van der Waals surface area contributed by atoms with Crippen molar-refractivity contribution in [1.29, 1.82) is 0 Å². The van der Waals surface area contributed by atoms with Gasteiger partial charge < -0.3 is 19.2 Å². The number of nitrogens with zero attached hydrogens (tertiary/aromatic N) is 3. The van der Waals surface area contributed by atoms with E-state index in [1.165, 1.54) is 11.3 Å². The van der Waals surface area contributed by atoms with Gasteiger partial charge in [-0.1, -0.05) is 5.16 Å². The van der Waals surface area contributed by atoms with Crippen LogP contribution in [-0.4, -0.2) is 39.9 Å². The van der Waals surface area contributed by atoms with Gasteiger partial charge in [-0.2, -0.15) is 0 Å². The molecule has 0 atom stereocenters. The fourth-order valence-electron chi connectivity index (χ4n) is 2.52. The lowest BCUT2D eigenvalue weighted by atomic mass is 9.99. The number of aryl methyl sites for hydroxylation is 1. The molecule has 1 saturated heterocycles. The van der Waals surface area contributed by atoms with Crippen molar-refractivity contribution in [3.05, 3.63) is 41.3 Å². The Labute approximate surface area is 146 Å². The fraction of sp³-hybridized carbons (Fsp3) is 0.250. The summed E-state index contributed by atoms with van der Waals surface area (Å²) in [5.74, 6) is 0.596. The van der Waals surface area contributed by atoms with Crippen molar-refractivity contribution in [3.8, 4) is 11.5 Å². The van der Waals surface area contributed by atoms with Crippen molar-refractivity contribution in [3.63, 3.8) is 0 Å². The van der Waals surface area contributed by atoms with Gasteiger partial charge in [0.2, 0.25) is 5.91 Å². The molecule has 1 aliphatic rings. The van der Waals surface area contributed by atoms with Crippen molar-refractivity contribution < 1.29 is 18.5 Å². The van der Waals surface area contributed by atoms with Gasteiger partial charge in [-0.25, -0.2) is 4.98 Å². The third-order valence-corrected chi connectivity index (χ3v) is 4.65. The van der Waals surface area contributed by atoms with Gasteiger partial charge in [0.25, 0.3) is 5.91 Å². The first kappa shape index (κ1) is 15.6. The van der Waals surface area contributed by atoms with E-state index in [1.54, 1.807) is 30.2 Å². The summed E-state index contributed by atoms with van der Waals surface area (Å²) in [7, 11) is 0. The molecule has 4 rings (SSSR count). The number of furan rings is 1. The molecule has 4 heterocycles. The van der Waals surface area contributed by atoms with Crippen LogP contribution in [0.15, 0.2) is 38.8 Å². The molecule has 2 amide bonds. The molecule has 25 heavy (non-hydrogen) atoms. The van der Waals surface area contributed by atoms with Gasteiger partial charge in [0, 0.05) is 24.5 Å². The van der Waals surface area contributed by atoms with E-state index in [0.29, 0.717) is 35.4 Å². The number of hydrogen-bond donors (Lipinski definition) is 1. The van der Waals surface area contributed by atoms with Gasteiger partial charge in [-0.15, -0.1) is 11.3 Å². The number of aromatic nitrogens is 2. The Hall–Kier alpha value is -2.94. The van der Waals surface area contributed by atoms with Crippen molar-refractivity contribution >= 4 is 28.3 Å². The highest BCUT2D eigenvalue weighted by Crippen LogP contribution is 2.26. The summed E-state index contributed by atoms with van der Waals surface area (Å²) in [4.78, 5) is 30.3. The number of hydrogen-bond acceptors (Lipinski definition) is 7. The Balaban J connectivity index is 1.32. The van der Waals surface area contributed by atoms with Crippen molar-refractivity contribution in [2.45, 2.75) is 6.92 Å². The quantitative estimate of drug-likeness (QED) is 0.768. The Morgan fingerprint density at radius 3 is 2.92 bits per heavy atom. The molecule has 0 radical (unpaired) electrons. The Bertz CT molecular complexity index is 908. The minimum absolute atomic E-state index is 0.152. The SMILES string of the molecule is Cc1cc(C(=O)N2CC(C(=O)Nc3nc(-c4ccco4)cs3)C2)no1. The molecular weight excluding hydrogens is 344 g/mol. The summed E-state index contributed by atoms with van der Waals surface area (Å²) in [6.07, 6.45) is 1.57. The van der Waals surface area contributed by atoms with Crippen LogP contribution in [0.1, 0.15) is 16.2 Å². The van der Waals surface area contributed by atoms with E-state index in [0.717, 1.165) is 0 Å². The summed E-state index contributed by atoms with van der Waals surface area (Å²) in [5, 5.41) is 8.81. The van der Waals surface area contributed by atoms with E-state index in [4.69, 9.17) is 8.94 Å². The smallest absolute Gasteiger partial charge is 0.276 e. The molecule has 0 aliphatic carbocycles. The molecule has 0 spiro atoms. The summed E-state index contributed by atoms with van der Waals surface area (Å²) >= 11 is 1.33. The second kappa shape index (κ2) is 6.17. The average Bonchev–Trinajstić information content (AvgIpc) is 3.25. The normalized spacial score (nSPS) is 14.4. The molecule has 8 nitrogen and oxygen atoms in total. The van der Waals surface area contributed by atoms with Gasteiger partial charge >= 0.3 is 0 Å². The van der Waals surface area contributed by atoms with Crippen LogP contribution in [0.25, 0.3) is 11.5 Å². The lowest BCUT2D eigenvalue weighted by molar-refractivity contribution is -0.123. The largest absolute Gasteiger partial charge is 0.463 e. The topological polar surface area (TPSA) is 101 Å². The van der Waals surface area contributed by atoms with E-state index in [-0.39, 0.29) is 23.4 Å². The number of rotatable bonds is 4. The fourth-order valence-corrected chi connectivity index (χ4v) is 3.22. The zero-order valence-electron chi connectivity index (χ0n) is 13.3. The second-order valence-corrected chi connectivity index (χ2v) is 6.59. The monoisotopic (exact) mass is 358 g/mol. The average molecular weight is 358 g/mol. The molecule has 9 heteroatoms. The third kappa shape index (κ3) is 3.05. The maximum absolute atomic E-state index is 12.3. The van der Waals surface area contributed by atoms with Gasteiger partial charge in [-0.3, -0.25) is 9.59 Å². The number of anilines is 1. The highest BCUT2D eigenvalue weighted by molar-refractivity contribution is 7.14.